The summed E-state index contributed by atoms with van der Waals surface area (Å²) in [6, 6.07) is 11.4. The van der Waals surface area contributed by atoms with Crippen LogP contribution in [-0.2, 0) is 4.79 Å². The van der Waals surface area contributed by atoms with Gasteiger partial charge >= 0.3 is 5.97 Å². The van der Waals surface area contributed by atoms with Crippen molar-refractivity contribution in [2.24, 2.45) is 0 Å². The SMILES string of the molecule is O=C1NC(c2ccc(F)cc2)C(C(=O)O)c2ccccc21. The van der Waals surface area contributed by atoms with Gasteiger partial charge in [0, 0.05) is 5.56 Å². The second kappa shape index (κ2) is 5.01. The number of benzene rings is 2. The minimum Gasteiger partial charge on any atom is -0.481 e. The van der Waals surface area contributed by atoms with E-state index in [1.54, 1.807) is 24.3 Å². The van der Waals surface area contributed by atoms with Gasteiger partial charge in [0.05, 0.1) is 6.04 Å². The zero-order valence-corrected chi connectivity index (χ0v) is 10.9. The summed E-state index contributed by atoms with van der Waals surface area (Å²) in [4.78, 5) is 23.8. The first-order valence-corrected chi connectivity index (χ1v) is 6.46. The molecule has 2 atom stereocenters. The van der Waals surface area contributed by atoms with Crippen LogP contribution in [0.3, 0.4) is 0 Å². The fraction of sp³-hybridized carbons (Fsp3) is 0.125. The second-order valence-corrected chi connectivity index (χ2v) is 4.91. The third kappa shape index (κ3) is 2.27. The van der Waals surface area contributed by atoms with Crippen LogP contribution in [0.2, 0.25) is 0 Å². The number of carbonyl (C=O) groups excluding carboxylic acids is 1. The number of hydrogen-bond donors (Lipinski definition) is 2. The molecule has 0 fully saturated rings. The van der Waals surface area contributed by atoms with Crippen LogP contribution in [0.25, 0.3) is 0 Å². The number of carboxylic acids is 1. The smallest absolute Gasteiger partial charge is 0.313 e. The summed E-state index contributed by atoms with van der Waals surface area (Å²) in [5.74, 6) is -2.66. The van der Waals surface area contributed by atoms with Crippen LogP contribution in [0.1, 0.15) is 33.4 Å². The maximum Gasteiger partial charge on any atom is 0.313 e. The Bertz CT molecular complexity index is 712. The average Bonchev–Trinajstić information content (AvgIpc) is 2.47. The average molecular weight is 285 g/mol. The third-order valence-corrected chi connectivity index (χ3v) is 3.66. The highest BCUT2D eigenvalue weighted by Crippen LogP contribution is 2.37. The maximum absolute atomic E-state index is 13.0. The molecule has 0 radical (unpaired) electrons. The normalized spacial score (nSPS) is 20.5. The quantitative estimate of drug-likeness (QED) is 0.890. The lowest BCUT2D eigenvalue weighted by molar-refractivity contribution is -0.139. The van der Waals surface area contributed by atoms with E-state index in [-0.39, 0.29) is 5.91 Å². The molecule has 1 heterocycles. The highest BCUT2D eigenvalue weighted by molar-refractivity contribution is 6.00. The molecule has 0 saturated heterocycles. The Morgan fingerprint density at radius 2 is 1.76 bits per heavy atom. The molecule has 3 rings (SSSR count). The van der Waals surface area contributed by atoms with Gasteiger partial charge in [-0.3, -0.25) is 9.59 Å². The van der Waals surface area contributed by atoms with Gasteiger partial charge in [-0.05, 0) is 29.3 Å². The Hall–Kier alpha value is -2.69. The van der Waals surface area contributed by atoms with Gasteiger partial charge in [-0.25, -0.2) is 4.39 Å². The van der Waals surface area contributed by atoms with E-state index < -0.39 is 23.7 Å². The van der Waals surface area contributed by atoms with Crippen molar-refractivity contribution in [3.63, 3.8) is 0 Å². The van der Waals surface area contributed by atoms with E-state index in [4.69, 9.17) is 0 Å². The Morgan fingerprint density at radius 3 is 2.43 bits per heavy atom. The van der Waals surface area contributed by atoms with Gasteiger partial charge in [0.2, 0.25) is 0 Å². The van der Waals surface area contributed by atoms with E-state index in [1.165, 1.54) is 24.3 Å². The first-order valence-electron chi connectivity index (χ1n) is 6.46. The van der Waals surface area contributed by atoms with Crippen LogP contribution < -0.4 is 5.32 Å². The zero-order chi connectivity index (χ0) is 15.0. The fourth-order valence-corrected chi connectivity index (χ4v) is 2.68. The summed E-state index contributed by atoms with van der Waals surface area (Å²) < 4.78 is 13.0. The molecule has 2 aromatic carbocycles. The summed E-state index contributed by atoms with van der Waals surface area (Å²) in [6.45, 7) is 0. The monoisotopic (exact) mass is 285 g/mol. The van der Waals surface area contributed by atoms with Gasteiger partial charge in [-0.1, -0.05) is 30.3 Å². The molecule has 5 heteroatoms. The van der Waals surface area contributed by atoms with Crippen molar-refractivity contribution in [1.29, 1.82) is 0 Å². The van der Waals surface area contributed by atoms with Gasteiger partial charge in [0.25, 0.3) is 5.91 Å². The van der Waals surface area contributed by atoms with Gasteiger partial charge in [0.1, 0.15) is 11.7 Å². The fourth-order valence-electron chi connectivity index (χ4n) is 2.68. The largest absolute Gasteiger partial charge is 0.481 e. The molecule has 4 nitrogen and oxygen atoms in total. The predicted molar refractivity (Wildman–Crippen MR) is 73.4 cm³/mol. The number of rotatable bonds is 2. The van der Waals surface area contributed by atoms with Gasteiger partial charge in [-0.2, -0.15) is 0 Å². The standard InChI is InChI=1S/C16H12FNO3/c17-10-7-5-9(6-8-10)14-13(16(20)21)11-3-1-2-4-12(11)15(19)18-14/h1-8,13-14H,(H,18,19)(H,20,21). The minimum atomic E-state index is -1.03. The second-order valence-electron chi connectivity index (χ2n) is 4.91. The van der Waals surface area contributed by atoms with Crippen molar-refractivity contribution >= 4 is 11.9 Å². The van der Waals surface area contributed by atoms with E-state index in [9.17, 15) is 19.1 Å². The number of halogens is 1. The number of nitrogens with one attached hydrogen (secondary N) is 1. The van der Waals surface area contributed by atoms with Crippen LogP contribution >= 0.6 is 0 Å². The van der Waals surface area contributed by atoms with E-state index in [2.05, 4.69) is 5.32 Å². The number of aliphatic carboxylic acids is 1. The molecule has 106 valence electrons. The minimum absolute atomic E-state index is 0.322. The van der Waals surface area contributed by atoms with Crippen LogP contribution in [0.15, 0.2) is 48.5 Å². The number of hydrogen-bond acceptors (Lipinski definition) is 2. The van der Waals surface area contributed by atoms with E-state index in [0.29, 0.717) is 16.7 Å². The van der Waals surface area contributed by atoms with E-state index in [0.717, 1.165) is 0 Å². The molecule has 0 aliphatic carbocycles. The highest BCUT2D eigenvalue weighted by atomic mass is 19.1. The van der Waals surface area contributed by atoms with Crippen LogP contribution in [-0.4, -0.2) is 17.0 Å². The molecule has 1 amide bonds. The number of carboxylic acid groups (broad SMARTS) is 1. The van der Waals surface area contributed by atoms with E-state index >= 15 is 0 Å². The predicted octanol–water partition coefficient (Wildman–Crippen LogP) is 2.48. The molecular formula is C16H12FNO3. The first kappa shape index (κ1) is 13.3. The first-order chi connectivity index (χ1) is 10.1. The number of carbonyl (C=O) groups is 2. The van der Waals surface area contributed by atoms with Gasteiger partial charge < -0.3 is 10.4 Å². The number of amides is 1. The summed E-state index contributed by atoms with van der Waals surface area (Å²) in [7, 11) is 0. The molecule has 2 N–H and O–H groups in total. The molecule has 21 heavy (non-hydrogen) atoms. The van der Waals surface area contributed by atoms with Crippen LogP contribution in [0.5, 0.6) is 0 Å². The van der Waals surface area contributed by atoms with Crippen molar-refractivity contribution in [1.82, 2.24) is 5.32 Å². The highest BCUT2D eigenvalue weighted by Gasteiger charge is 2.38. The number of fused-ring (bicyclic) bond motifs is 1. The lowest BCUT2D eigenvalue weighted by atomic mass is 9.81. The molecule has 0 spiro atoms. The Labute approximate surface area is 120 Å². The molecule has 0 aromatic heterocycles. The summed E-state index contributed by atoms with van der Waals surface area (Å²) in [5, 5.41) is 12.2. The Balaban J connectivity index is 2.11. The van der Waals surface area contributed by atoms with Crippen LogP contribution in [0.4, 0.5) is 4.39 Å². The summed E-state index contributed by atoms with van der Waals surface area (Å²) >= 11 is 0. The van der Waals surface area contributed by atoms with Gasteiger partial charge in [0.15, 0.2) is 0 Å². The summed E-state index contributed by atoms with van der Waals surface area (Å²) in [5.41, 5.74) is 1.40. The van der Waals surface area contributed by atoms with Crippen LogP contribution in [0, 0.1) is 5.82 Å². The molecule has 1 aliphatic heterocycles. The van der Waals surface area contributed by atoms with Gasteiger partial charge in [-0.15, -0.1) is 0 Å². The molecule has 2 unspecified atom stereocenters. The summed E-state index contributed by atoms with van der Waals surface area (Å²) in [6.07, 6.45) is 0. The molecule has 1 aliphatic rings. The topological polar surface area (TPSA) is 66.4 Å². The molecule has 0 bridgehead atoms. The lowest BCUT2D eigenvalue weighted by Gasteiger charge is -2.31. The van der Waals surface area contributed by atoms with Crippen molar-refractivity contribution in [3.05, 3.63) is 71.0 Å². The molecule has 2 aromatic rings. The Kier molecular flexibility index (Phi) is 3.17. The lowest BCUT2D eigenvalue weighted by Crippen LogP contribution is -2.41. The molecule has 0 saturated carbocycles. The van der Waals surface area contributed by atoms with Crippen molar-refractivity contribution in [2.75, 3.05) is 0 Å². The third-order valence-electron chi connectivity index (χ3n) is 3.66. The van der Waals surface area contributed by atoms with Crippen molar-refractivity contribution < 1.29 is 19.1 Å². The zero-order valence-electron chi connectivity index (χ0n) is 10.9. The van der Waals surface area contributed by atoms with Crippen molar-refractivity contribution in [3.8, 4) is 0 Å². The van der Waals surface area contributed by atoms with E-state index in [1.807, 2.05) is 0 Å². The Morgan fingerprint density at radius 1 is 1.10 bits per heavy atom. The maximum atomic E-state index is 13.0. The van der Waals surface area contributed by atoms with Crippen molar-refractivity contribution in [2.45, 2.75) is 12.0 Å². The molecular weight excluding hydrogens is 273 g/mol.